The van der Waals surface area contributed by atoms with Gasteiger partial charge in [0.05, 0.1) is 11.7 Å². The fourth-order valence-corrected chi connectivity index (χ4v) is 4.50. The topological polar surface area (TPSA) is 24.9 Å². The summed E-state index contributed by atoms with van der Waals surface area (Å²) < 4.78 is 0. The van der Waals surface area contributed by atoms with Gasteiger partial charge in [0.25, 0.3) is 0 Å². The molecule has 0 saturated heterocycles. The number of hydrogen-bond donors (Lipinski definition) is 1. The molecule has 2 nitrogen and oxygen atoms in total. The van der Waals surface area contributed by atoms with Gasteiger partial charge in [-0.15, -0.1) is 11.3 Å². The SMILES string of the molecule is CNC(c1cc(Cl)cc(Cl)c1)c1nc2c(s1)CCCC2. The molecule has 0 aliphatic heterocycles. The van der Waals surface area contributed by atoms with Crippen molar-refractivity contribution in [2.45, 2.75) is 31.7 Å². The van der Waals surface area contributed by atoms with Crippen LogP contribution in [0.1, 0.15) is 40.0 Å². The van der Waals surface area contributed by atoms with E-state index in [1.54, 1.807) is 6.07 Å². The lowest BCUT2D eigenvalue weighted by Gasteiger charge is -2.14. The zero-order valence-corrected chi connectivity index (χ0v) is 13.6. The van der Waals surface area contributed by atoms with Gasteiger partial charge in [0.1, 0.15) is 5.01 Å². The molecule has 0 saturated carbocycles. The zero-order valence-electron chi connectivity index (χ0n) is 11.2. The Balaban J connectivity index is 1.98. The number of fused-ring (bicyclic) bond motifs is 1. The molecule has 1 aromatic heterocycles. The number of halogens is 2. The number of nitrogens with zero attached hydrogens (tertiary/aromatic N) is 1. The second-order valence-corrected chi connectivity index (χ2v) is 7.04. The van der Waals surface area contributed by atoms with E-state index in [2.05, 4.69) is 5.32 Å². The highest BCUT2D eigenvalue weighted by atomic mass is 35.5. The summed E-state index contributed by atoms with van der Waals surface area (Å²) in [5, 5.41) is 5.76. The molecule has 3 rings (SSSR count). The van der Waals surface area contributed by atoms with Gasteiger partial charge in [-0.25, -0.2) is 4.98 Å². The van der Waals surface area contributed by atoms with E-state index in [1.807, 2.05) is 30.5 Å². The van der Waals surface area contributed by atoms with Crippen molar-refractivity contribution in [3.8, 4) is 0 Å². The molecule has 20 heavy (non-hydrogen) atoms. The molecule has 1 N–H and O–H groups in total. The predicted molar refractivity (Wildman–Crippen MR) is 86.1 cm³/mol. The summed E-state index contributed by atoms with van der Waals surface area (Å²) in [6.45, 7) is 0. The van der Waals surface area contributed by atoms with Crippen LogP contribution in [0.4, 0.5) is 0 Å². The number of aromatic nitrogens is 1. The molecule has 1 aliphatic rings. The molecule has 0 radical (unpaired) electrons. The molecule has 0 spiro atoms. The minimum absolute atomic E-state index is 0.0572. The maximum absolute atomic E-state index is 6.11. The molecule has 2 aromatic rings. The molecule has 5 heteroatoms. The van der Waals surface area contributed by atoms with Crippen molar-refractivity contribution in [2.24, 2.45) is 0 Å². The lowest BCUT2D eigenvalue weighted by molar-refractivity contribution is 0.661. The van der Waals surface area contributed by atoms with Crippen molar-refractivity contribution in [2.75, 3.05) is 7.05 Å². The van der Waals surface area contributed by atoms with E-state index in [-0.39, 0.29) is 6.04 Å². The Labute approximate surface area is 133 Å². The van der Waals surface area contributed by atoms with Gasteiger partial charge in [-0.3, -0.25) is 0 Å². The number of benzene rings is 1. The molecular weight excluding hydrogens is 311 g/mol. The van der Waals surface area contributed by atoms with Crippen molar-refractivity contribution in [1.82, 2.24) is 10.3 Å². The van der Waals surface area contributed by atoms with Crippen LogP contribution in [0.3, 0.4) is 0 Å². The Morgan fingerprint density at radius 2 is 1.85 bits per heavy atom. The van der Waals surface area contributed by atoms with Crippen LogP contribution in [0.2, 0.25) is 10.0 Å². The van der Waals surface area contributed by atoms with Crippen molar-refractivity contribution in [1.29, 1.82) is 0 Å². The Morgan fingerprint density at radius 1 is 1.15 bits per heavy atom. The summed E-state index contributed by atoms with van der Waals surface area (Å²) in [5.41, 5.74) is 2.35. The minimum atomic E-state index is 0.0572. The van der Waals surface area contributed by atoms with Crippen LogP contribution in [0, 0.1) is 0 Å². The molecular formula is C15H16Cl2N2S. The lowest BCUT2D eigenvalue weighted by Crippen LogP contribution is -2.17. The highest BCUT2D eigenvalue weighted by molar-refractivity contribution is 7.11. The minimum Gasteiger partial charge on any atom is -0.307 e. The largest absolute Gasteiger partial charge is 0.307 e. The molecule has 0 bridgehead atoms. The maximum atomic E-state index is 6.11. The first-order valence-corrected chi connectivity index (χ1v) is 8.36. The van der Waals surface area contributed by atoms with Crippen molar-refractivity contribution in [3.05, 3.63) is 49.4 Å². The van der Waals surface area contributed by atoms with E-state index in [1.165, 1.54) is 29.8 Å². The van der Waals surface area contributed by atoms with Crippen molar-refractivity contribution >= 4 is 34.5 Å². The van der Waals surface area contributed by atoms with Gasteiger partial charge in [-0.05, 0) is 56.5 Å². The average molecular weight is 327 g/mol. The van der Waals surface area contributed by atoms with Crippen LogP contribution in [0.15, 0.2) is 18.2 Å². The smallest absolute Gasteiger partial charge is 0.115 e. The molecule has 1 unspecified atom stereocenters. The average Bonchev–Trinajstić information content (AvgIpc) is 2.81. The third-order valence-corrected chi connectivity index (χ3v) is 5.27. The quantitative estimate of drug-likeness (QED) is 0.888. The summed E-state index contributed by atoms with van der Waals surface area (Å²) >= 11 is 14.0. The van der Waals surface area contributed by atoms with E-state index >= 15 is 0 Å². The number of hydrogen-bond acceptors (Lipinski definition) is 3. The standard InChI is InChI=1S/C15H16Cl2N2S/c1-18-14(9-6-10(16)8-11(17)7-9)15-19-12-4-2-3-5-13(12)20-15/h6-8,14,18H,2-5H2,1H3. The maximum Gasteiger partial charge on any atom is 0.115 e. The first kappa shape index (κ1) is 14.3. The summed E-state index contributed by atoms with van der Waals surface area (Å²) in [5.74, 6) is 0. The van der Waals surface area contributed by atoms with Gasteiger partial charge in [0.15, 0.2) is 0 Å². The van der Waals surface area contributed by atoms with E-state index in [0.29, 0.717) is 10.0 Å². The fourth-order valence-electron chi connectivity index (χ4n) is 2.67. The predicted octanol–water partition coefficient (Wildman–Crippen LogP) is 4.64. The highest BCUT2D eigenvalue weighted by Gasteiger charge is 2.21. The number of thiazole rings is 1. The van der Waals surface area contributed by atoms with Crippen molar-refractivity contribution < 1.29 is 0 Å². The van der Waals surface area contributed by atoms with Crippen LogP contribution in [-0.2, 0) is 12.8 Å². The summed E-state index contributed by atoms with van der Waals surface area (Å²) in [4.78, 5) is 6.27. The second kappa shape index (κ2) is 6.02. The van der Waals surface area contributed by atoms with E-state index in [4.69, 9.17) is 28.2 Å². The normalized spacial score (nSPS) is 15.9. The fraction of sp³-hybridized carbons (Fsp3) is 0.400. The van der Waals surface area contributed by atoms with Gasteiger partial charge in [-0.2, -0.15) is 0 Å². The van der Waals surface area contributed by atoms with Crippen LogP contribution in [0.25, 0.3) is 0 Å². The first-order valence-electron chi connectivity index (χ1n) is 6.79. The van der Waals surface area contributed by atoms with Crippen LogP contribution >= 0.6 is 34.5 Å². The van der Waals surface area contributed by atoms with E-state index < -0.39 is 0 Å². The molecule has 1 aromatic carbocycles. The monoisotopic (exact) mass is 326 g/mol. The zero-order chi connectivity index (χ0) is 14.1. The molecule has 0 amide bonds. The van der Waals surface area contributed by atoms with Gasteiger partial charge in [-0.1, -0.05) is 23.2 Å². The van der Waals surface area contributed by atoms with Gasteiger partial charge >= 0.3 is 0 Å². The Bertz CT molecular complexity index is 581. The van der Waals surface area contributed by atoms with Gasteiger partial charge in [0, 0.05) is 14.9 Å². The summed E-state index contributed by atoms with van der Waals surface area (Å²) in [6.07, 6.45) is 4.81. The third-order valence-electron chi connectivity index (χ3n) is 3.62. The van der Waals surface area contributed by atoms with E-state index in [9.17, 15) is 0 Å². The van der Waals surface area contributed by atoms with Gasteiger partial charge in [0.2, 0.25) is 0 Å². The van der Waals surface area contributed by atoms with Crippen LogP contribution in [0.5, 0.6) is 0 Å². The lowest BCUT2D eigenvalue weighted by atomic mass is 10.0. The first-order chi connectivity index (χ1) is 9.67. The number of aryl methyl sites for hydroxylation is 2. The second-order valence-electron chi connectivity index (χ2n) is 5.05. The number of nitrogens with one attached hydrogen (secondary N) is 1. The summed E-state index contributed by atoms with van der Waals surface area (Å²) in [6, 6.07) is 5.72. The van der Waals surface area contributed by atoms with Crippen molar-refractivity contribution in [3.63, 3.8) is 0 Å². The van der Waals surface area contributed by atoms with E-state index in [0.717, 1.165) is 17.0 Å². The number of rotatable bonds is 3. The molecule has 1 aliphatic carbocycles. The third kappa shape index (κ3) is 2.86. The Morgan fingerprint density at radius 3 is 2.50 bits per heavy atom. The Kier molecular flexibility index (Phi) is 4.32. The van der Waals surface area contributed by atoms with Crippen LogP contribution < -0.4 is 5.32 Å². The highest BCUT2D eigenvalue weighted by Crippen LogP contribution is 2.34. The Hall–Kier alpha value is -0.610. The van der Waals surface area contributed by atoms with Gasteiger partial charge < -0.3 is 5.32 Å². The molecule has 106 valence electrons. The molecule has 1 atom stereocenters. The summed E-state index contributed by atoms with van der Waals surface area (Å²) in [7, 11) is 1.94. The van der Waals surface area contributed by atoms with Crippen LogP contribution in [-0.4, -0.2) is 12.0 Å². The molecule has 1 heterocycles. The molecule has 0 fully saturated rings.